The van der Waals surface area contributed by atoms with Gasteiger partial charge < -0.3 is 10.2 Å². The van der Waals surface area contributed by atoms with E-state index in [-0.39, 0.29) is 23.3 Å². The molecule has 0 aliphatic carbocycles. The van der Waals surface area contributed by atoms with Crippen LogP contribution in [-0.2, 0) is 21.9 Å². The van der Waals surface area contributed by atoms with Crippen LogP contribution in [0.5, 0.6) is 0 Å². The predicted molar refractivity (Wildman–Crippen MR) is 133 cm³/mol. The van der Waals surface area contributed by atoms with Gasteiger partial charge in [-0.2, -0.15) is 0 Å². The Morgan fingerprint density at radius 1 is 1.12 bits per heavy atom. The molecule has 178 valence electrons. The van der Waals surface area contributed by atoms with Crippen LogP contribution in [0.2, 0.25) is 0 Å². The van der Waals surface area contributed by atoms with Crippen LogP contribution in [0.15, 0.2) is 48.5 Å². The van der Waals surface area contributed by atoms with Crippen molar-refractivity contribution in [2.45, 2.75) is 52.5 Å². The number of carbonyl (C=O) groups excluding carboxylic acids is 2. The molecule has 2 rings (SSSR count). The van der Waals surface area contributed by atoms with E-state index in [9.17, 15) is 19.7 Å². The smallest absolute Gasteiger partial charge is 0.269 e. The van der Waals surface area contributed by atoms with Crippen molar-refractivity contribution >= 4 is 29.3 Å². The number of aryl methyl sites for hydroxylation is 1. The highest BCUT2D eigenvalue weighted by Gasteiger charge is 2.28. The Labute approximate surface area is 200 Å². The highest BCUT2D eigenvalue weighted by atomic mass is 32.2. The van der Waals surface area contributed by atoms with Crippen LogP contribution in [-0.4, -0.2) is 40.0 Å². The summed E-state index contributed by atoms with van der Waals surface area (Å²) in [6.07, 6.45) is 0.522. The van der Waals surface area contributed by atoms with Gasteiger partial charge in [0, 0.05) is 31.0 Å². The Kier molecular flexibility index (Phi) is 10.4. The second kappa shape index (κ2) is 13.0. The van der Waals surface area contributed by atoms with Gasteiger partial charge in [0.05, 0.1) is 10.7 Å². The minimum atomic E-state index is -0.545. The van der Waals surface area contributed by atoms with Crippen molar-refractivity contribution in [2.24, 2.45) is 5.92 Å². The van der Waals surface area contributed by atoms with Crippen molar-refractivity contribution in [1.82, 2.24) is 10.2 Å². The molecular formula is C25H33N3O4S. The molecule has 0 saturated carbocycles. The van der Waals surface area contributed by atoms with Gasteiger partial charge in [-0.3, -0.25) is 19.7 Å². The number of carbonyl (C=O) groups is 2. The van der Waals surface area contributed by atoms with E-state index in [2.05, 4.69) is 5.32 Å². The van der Waals surface area contributed by atoms with E-state index in [0.717, 1.165) is 16.7 Å². The fourth-order valence-corrected chi connectivity index (χ4v) is 4.27. The summed E-state index contributed by atoms with van der Waals surface area (Å²) < 4.78 is 0. The molecule has 33 heavy (non-hydrogen) atoms. The highest BCUT2D eigenvalue weighted by Crippen LogP contribution is 2.19. The topological polar surface area (TPSA) is 92.6 Å². The molecule has 1 atom stereocenters. The molecular weight excluding hydrogens is 438 g/mol. The van der Waals surface area contributed by atoms with Gasteiger partial charge in [-0.25, -0.2) is 0 Å². The van der Waals surface area contributed by atoms with E-state index in [0.29, 0.717) is 31.2 Å². The van der Waals surface area contributed by atoms with Crippen molar-refractivity contribution < 1.29 is 14.5 Å². The summed E-state index contributed by atoms with van der Waals surface area (Å²) in [7, 11) is 0. The Hall–Kier alpha value is -2.87. The summed E-state index contributed by atoms with van der Waals surface area (Å²) >= 11 is 1.44. The lowest BCUT2D eigenvalue weighted by atomic mass is 10.1. The van der Waals surface area contributed by atoms with Crippen LogP contribution >= 0.6 is 11.8 Å². The number of thioether (sulfide) groups is 1. The average molecular weight is 472 g/mol. The van der Waals surface area contributed by atoms with Gasteiger partial charge in [-0.1, -0.05) is 62.7 Å². The summed E-state index contributed by atoms with van der Waals surface area (Å²) in [5, 5.41) is 13.8. The predicted octanol–water partition coefficient (Wildman–Crippen LogP) is 4.72. The normalized spacial score (nSPS) is 11.8. The van der Waals surface area contributed by atoms with Gasteiger partial charge in [0.2, 0.25) is 11.8 Å². The van der Waals surface area contributed by atoms with Gasteiger partial charge in [0.15, 0.2) is 0 Å². The lowest BCUT2D eigenvalue weighted by Crippen LogP contribution is -2.50. The summed E-state index contributed by atoms with van der Waals surface area (Å²) in [6, 6.07) is 13.7. The third-order valence-corrected chi connectivity index (χ3v) is 6.14. The third-order valence-electron chi connectivity index (χ3n) is 5.15. The Morgan fingerprint density at radius 3 is 2.39 bits per heavy atom. The first kappa shape index (κ1) is 26.4. The van der Waals surface area contributed by atoms with Gasteiger partial charge >= 0.3 is 0 Å². The molecule has 0 fully saturated rings. The zero-order chi connectivity index (χ0) is 24.4. The van der Waals surface area contributed by atoms with Gasteiger partial charge in [0.1, 0.15) is 6.04 Å². The van der Waals surface area contributed by atoms with E-state index in [4.69, 9.17) is 0 Å². The number of nitrogens with zero attached hydrogens (tertiary/aromatic N) is 2. The number of hydrogen-bond acceptors (Lipinski definition) is 5. The van der Waals surface area contributed by atoms with Crippen molar-refractivity contribution in [3.8, 4) is 0 Å². The van der Waals surface area contributed by atoms with E-state index in [1.165, 1.54) is 23.9 Å². The second-order valence-corrected chi connectivity index (χ2v) is 9.48. The zero-order valence-corrected chi connectivity index (χ0v) is 20.6. The van der Waals surface area contributed by atoms with Gasteiger partial charge in [-0.05, 0) is 30.4 Å². The molecule has 0 aromatic heterocycles. The minimum Gasteiger partial charge on any atom is -0.354 e. The maximum atomic E-state index is 13.2. The van der Waals surface area contributed by atoms with Crippen molar-refractivity contribution in [1.29, 1.82) is 0 Å². The first-order valence-electron chi connectivity index (χ1n) is 11.1. The Balaban J connectivity index is 2.10. The Morgan fingerprint density at radius 2 is 1.82 bits per heavy atom. The number of nitrogens with one attached hydrogen (secondary N) is 1. The van der Waals surface area contributed by atoms with Crippen LogP contribution in [0.4, 0.5) is 5.69 Å². The number of nitro benzene ring substituents is 1. The second-order valence-electron chi connectivity index (χ2n) is 8.49. The maximum absolute atomic E-state index is 13.2. The molecule has 0 aliphatic rings. The molecule has 0 aliphatic heterocycles. The van der Waals surface area contributed by atoms with Crippen molar-refractivity contribution in [2.75, 3.05) is 12.3 Å². The van der Waals surface area contributed by atoms with Crippen molar-refractivity contribution in [3.05, 3.63) is 75.3 Å². The first-order chi connectivity index (χ1) is 15.7. The molecule has 0 radical (unpaired) electrons. The molecule has 1 N–H and O–H groups in total. The fourth-order valence-electron chi connectivity index (χ4n) is 3.40. The molecule has 0 saturated heterocycles. The molecule has 0 bridgehead atoms. The van der Waals surface area contributed by atoms with Crippen LogP contribution in [0.1, 0.15) is 43.9 Å². The van der Waals surface area contributed by atoms with E-state index in [1.807, 2.05) is 52.0 Å². The number of benzene rings is 2. The largest absolute Gasteiger partial charge is 0.354 e. The molecule has 2 aromatic rings. The molecule has 2 aromatic carbocycles. The number of nitro groups is 1. The van der Waals surface area contributed by atoms with Crippen LogP contribution in [0.3, 0.4) is 0 Å². The first-order valence-corrected chi connectivity index (χ1v) is 12.3. The molecule has 0 heterocycles. The number of non-ortho nitro benzene ring substituents is 1. The van der Waals surface area contributed by atoms with E-state index in [1.54, 1.807) is 17.0 Å². The number of rotatable bonds is 12. The highest BCUT2D eigenvalue weighted by molar-refractivity contribution is 7.99. The number of hydrogen-bond donors (Lipinski definition) is 1. The molecule has 0 unspecified atom stereocenters. The monoisotopic (exact) mass is 471 g/mol. The van der Waals surface area contributed by atoms with Crippen LogP contribution in [0.25, 0.3) is 0 Å². The quantitative estimate of drug-likeness (QED) is 0.357. The number of amides is 2. The Bertz CT molecular complexity index is 947. The third kappa shape index (κ3) is 8.53. The lowest BCUT2D eigenvalue weighted by Gasteiger charge is -2.31. The SMILES string of the molecule is CC[C@@H](C(=O)NCC(C)C)N(Cc1cccc(C)c1)C(=O)CSCc1ccc([N+](=O)[O-])cc1. The van der Waals surface area contributed by atoms with Gasteiger partial charge in [-0.15, -0.1) is 11.8 Å². The summed E-state index contributed by atoms with van der Waals surface area (Å²) in [5.41, 5.74) is 3.04. The maximum Gasteiger partial charge on any atom is 0.269 e. The summed E-state index contributed by atoms with van der Waals surface area (Å²) in [6.45, 7) is 8.92. The average Bonchev–Trinajstić information content (AvgIpc) is 2.77. The molecule has 8 heteroatoms. The van der Waals surface area contributed by atoms with Gasteiger partial charge in [0.25, 0.3) is 5.69 Å². The van der Waals surface area contributed by atoms with E-state index < -0.39 is 11.0 Å². The fraction of sp³-hybridized carbons (Fsp3) is 0.440. The zero-order valence-electron chi connectivity index (χ0n) is 19.7. The van der Waals surface area contributed by atoms with Crippen LogP contribution in [0, 0.1) is 23.0 Å². The minimum absolute atomic E-state index is 0.0438. The molecule has 7 nitrogen and oxygen atoms in total. The summed E-state index contributed by atoms with van der Waals surface area (Å²) in [5.74, 6) is 0.863. The lowest BCUT2D eigenvalue weighted by molar-refractivity contribution is -0.384. The standard InChI is InChI=1S/C25H33N3O4S/c1-5-23(25(30)26-14-18(2)3)27(15-21-8-6-7-19(4)13-21)24(29)17-33-16-20-9-11-22(12-10-20)28(31)32/h6-13,18,23H,5,14-17H2,1-4H3,(H,26,30)/t23-/m0/s1. The van der Waals surface area contributed by atoms with Crippen molar-refractivity contribution in [3.63, 3.8) is 0 Å². The molecule has 2 amide bonds. The van der Waals surface area contributed by atoms with E-state index >= 15 is 0 Å². The summed E-state index contributed by atoms with van der Waals surface area (Å²) in [4.78, 5) is 38.2. The van der Waals surface area contributed by atoms with Crippen LogP contribution < -0.4 is 5.32 Å². The molecule has 0 spiro atoms.